The molecule has 8 heteroatoms. The molecule has 1 saturated heterocycles. The molecule has 0 bridgehead atoms. The van der Waals surface area contributed by atoms with E-state index in [0.717, 1.165) is 26.2 Å². The number of carbonyl (C=O) groups excluding carboxylic acids is 1. The van der Waals surface area contributed by atoms with Gasteiger partial charge in [-0.1, -0.05) is 0 Å². The summed E-state index contributed by atoms with van der Waals surface area (Å²) in [5.41, 5.74) is -0.339. The Kier molecular flexibility index (Phi) is 6.47. The van der Waals surface area contributed by atoms with E-state index in [9.17, 15) is 18.0 Å². The van der Waals surface area contributed by atoms with Crippen LogP contribution in [-0.2, 0) is 4.79 Å². The Morgan fingerprint density at radius 2 is 1.64 bits per heavy atom. The number of piperazine rings is 1. The molecule has 1 aromatic rings. The third-order valence-corrected chi connectivity index (χ3v) is 5.83. The molecule has 0 radical (unpaired) electrons. The van der Waals surface area contributed by atoms with Crippen molar-refractivity contribution >= 4 is 5.91 Å². The molecule has 0 unspecified atom stereocenters. The molecule has 1 amide bonds. The van der Waals surface area contributed by atoms with Gasteiger partial charge < -0.3 is 9.64 Å². The van der Waals surface area contributed by atoms with Crippen molar-refractivity contribution in [2.45, 2.75) is 58.6 Å². The zero-order valence-corrected chi connectivity index (χ0v) is 16.7. The summed E-state index contributed by atoms with van der Waals surface area (Å²) in [5, 5.41) is 0. The first-order chi connectivity index (χ1) is 13.3. The molecular weight excluding hydrogens is 371 g/mol. The summed E-state index contributed by atoms with van der Waals surface area (Å²) in [6.45, 7) is 8.73. The molecular formula is C20H28F3N3O2. The molecule has 1 aliphatic heterocycles. The van der Waals surface area contributed by atoms with E-state index >= 15 is 0 Å². The first kappa shape index (κ1) is 20.9. The highest BCUT2D eigenvalue weighted by Gasteiger charge is 2.33. The van der Waals surface area contributed by atoms with Crippen molar-refractivity contribution in [1.29, 1.82) is 0 Å². The average Bonchev–Trinajstić information content (AvgIpc) is 2.69. The fourth-order valence-electron chi connectivity index (χ4n) is 4.01. The molecule has 28 heavy (non-hydrogen) atoms. The van der Waals surface area contributed by atoms with Crippen molar-refractivity contribution in [3.05, 3.63) is 23.3 Å². The van der Waals surface area contributed by atoms with Crippen LogP contribution < -0.4 is 4.74 Å². The van der Waals surface area contributed by atoms with Crippen LogP contribution in [0.5, 0.6) is 5.75 Å². The van der Waals surface area contributed by atoms with Crippen LogP contribution in [-0.4, -0.2) is 59.0 Å². The summed E-state index contributed by atoms with van der Waals surface area (Å²) in [6.07, 6.45) is 1.74. The van der Waals surface area contributed by atoms with E-state index < -0.39 is 29.4 Å². The molecule has 5 nitrogen and oxygen atoms in total. The quantitative estimate of drug-likeness (QED) is 0.729. The number of hydrogen-bond acceptors (Lipinski definition) is 4. The third kappa shape index (κ3) is 4.42. The topological polar surface area (TPSA) is 45.7 Å². The Labute approximate surface area is 163 Å². The highest BCUT2D eigenvalue weighted by molar-refractivity contribution is 5.79. The van der Waals surface area contributed by atoms with Crippen molar-refractivity contribution in [2.75, 3.05) is 26.2 Å². The molecule has 2 heterocycles. The lowest BCUT2D eigenvalue weighted by Crippen LogP contribution is -2.52. The van der Waals surface area contributed by atoms with Crippen molar-refractivity contribution in [3.8, 4) is 5.75 Å². The summed E-state index contributed by atoms with van der Waals surface area (Å²) in [4.78, 5) is 20.4. The van der Waals surface area contributed by atoms with Gasteiger partial charge in [0.2, 0.25) is 17.5 Å². The van der Waals surface area contributed by atoms with E-state index in [1.807, 2.05) is 4.90 Å². The molecule has 0 atom stereocenters. The van der Waals surface area contributed by atoms with Crippen LogP contribution in [0.15, 0.2) is 0 Å². The minimum atomic E-state index is -1.34. The molecule has 3 rings (SSSR count). The number of ether oxygens (including phenoxy) is 1. The second-order valence-electron chi connectivity index (χ2n) is 7.99. The number of aromatic nitrogens is 1. The first-order valence-electron chi connectivity index (χ1n) is 9.98. The highest BCUT2D eigenvalue weighted by Crippen LogP contribution is 2.32. The lowest BCUT2D eigenvalue weighted by atomic mass is 9.86. The molecule has 1 aromatic heterocycles. The van der Waals surface area contributed by atoms with Crippen molar-refractivity contribution in [2.24, 2.45) is 5.92 Å². The molecule has 0 spiro atoms. The van der Waals surface area contributed by atoms with Crippen LogP contribution in [0.4, 0.5) is 13.2 Å². The SMILES string of the molecule is Cc1nc(F)c(OC2CCC(C(=O)N3CCN(C(C)C)CC3)CC2)c(F)c1F. The fraction of sp³-hybridized carbons (Fsp3) is 0.700. The summed E-state index contributed by atoms with van der Waals surface area (Å²) >= 11 is 0. The Bertz CT molecular complexity index is 713. The van der Waals surface area contributed by atoms with E-state index in [4.69, 9.17) is 4.74 Å². The summed E-state index contributed by atoms with van der Waals surface area (Å²) in [6, 6.07) is 0.478. The zero-order chi connectivity index (χ0) is 20.4. The highest BCUT2D eigenvalue weighted by atomic mass is 19.2. The standard InChI is InChI=1S/C20H28F3N3O2/c1-12(2)25-8-10-26(11-9-25)20(27)14-4-6-15(7-5-14)28-18-17(22)16(21)13(3)24-19(18)23/h12,14-15H,4-11H2,1-3H3. The molecule has 2 fully saturated rings. The Hall–Kier alpha value is -1.83. The van der Waals surface area contributed by atoms with Crippen LogP contribution in [0.1, 0.15) is 45.2 Å². The molecule has 0 aromatic carbocycles. The van der Waals surface area contributed by atoms with E-state index in [-0.39, 0.29) is 17.5 Å². The van der Waals surface area contributed by atoms with Gasteiger partial charge in [-0.05, 0) is 46.5 Å². The number of pyridine rings is 1. The van der Waals surface area contributed by atoms with Gasteiger partial charge in [-0.3, -0.25) is 9.69 Å². The minimum absolute atomic E-state index is 0.0898. The van der Waals surface area contributed by atoms with Gasteiger partial charge in [-0.2, -0.15) is 8.78 Å². The third-order valence-electron chi connectivity index (χ3n) is 5.83. The molecule has 2 aliphatic rings. The summed E-state index contributed by atoms with van der Waals surface area (Å²) in [7, 11) is 0. The average molecular weight is 399 g/mol. The van der Waals surface area contributed by atoms with Gasteiger partial charge in [0.05, 0.1) is 11.8 Å². The summed E-state index contributed by atoms with van der Waals surface area (Å²) in [5.74, 6) is -4.37. The first-order valence-corrected chi connectivity index (χ1v) is 9.98. The lowest BCUT2D eigenvalue weighted by Gasteiger charge is -2.39. The number of aryl methyl sites for hydroxylation is 1. The largest absolute Gasteiger partial charge is 0.483 e. The smallest absolute Gasteiger partial charge is 0.258 e. The Balaban J connectivity index is 1.53. The van der Waals surface area contributed by atoms with Gasteiger partial charge in [-0.15, -0.1) is 0 Å². The number of carbonyl (C=O) groups is 1. The predicted octanol–water partition coefficient (Wildman–Crippen LogP) is 3.30. The molecule has 156 valence electrons. The zero-order valence-electron chi connectivity index (χ0n) is 16.7. The minimum Gasteiger partial charge on any atom is -0.483 e. The van der Waals surface area contributed by atoms with Crippen LogP contribution in [0.25, 0.3) is 0 Å². The number of nitrogens with zero attached hydrogens (tertiary/aromatic N) is 3. The van der Waals surface area contributed by atoms with Gasteiger partial charge in [0, 0.05) is 38.1 Å². The second kappa shape index (κ2) is 8.68. The van der Waals surface area contributed by atoms with E-state index in [2.05, 4.69) is 23.7 Å². The maximum atomic E-state index is 14.0. The van der Waals surface area contributed by atoms with Crippen LogP contribution in [0.3, 0.4) is 0 Å². The molecule has 0 N–H and O–H groups in total. The Morgan fingerprint density at radius 1 is 1.04 bits per heavy atom. The number of halogens is 3. The monoisotopic (exact) mass is 399 g/mol. The number of rotatable bonds is 4. The van der Waals surface area contributed by atoms with Crippen molar-refractivity contribution in [3.63, 3.8) is 0 Å². The number of amides is 1. The van der Waals surface area contributed by atoms with E-state index in [1.54, 1.807) is 0 Å². The predicted molar refractivity (Wildman–Crippen MR) is 98.5 cm³/mol. The van der Waals surface area contributed by atoms with E-state index in [0.29, 0.717) is 31.7 Å². The second-order valence-corrected chi connectivity index (χ2v) is 7.99. The fourth-order valence-corrected chi connectivity index (χ4v) is 4.01. The van der Waals surface area contributed by atoms with E-state index in [1.165, 1.54) is 6.92 Å². The molecule has 1 saturated carbocycles. The lowest BCUT2D eigenvalue weighted by molar-refractivity contribution is -0.139. The van der Waals surface area contributed by atoms with Gasteiger partial charge in [-0.25, -0.2) is 9.37 Å². The maximum absolute atomic E-state index is 14.0. The van der Waals surface area contributed by atoms with Gasteiger partial charge >= 0.3 is 0 Å². The summed E-state index contributed by atoms with van der Waals surface area (Å²) < 4.78 is 46.9. The molecule has 1 aliphatic carbocycles. The number of hydrogen-bond donors (Lipinski definition) is 0. The van der Waals surface area contributed by atoms with Crippen LogP contribution >= 0.6 is 0 Å². The van der Waals surface area contributed by atoms with Gasteiger partial charge in [0.1, 0.15) is 0 Å². The van der Waals surface area contributed by atoms with Gasteiger partial charge in [0.25, 0.3) is 5.95 Å². The van der Waals surface area contributed by atoms with Crippen LogP contribution in [0.2, 0.25) is 0 Å². The van der Waals surface area contributed by atoms with Crippen LogP contribution in [0, 0.1) is 30.4 Å². The van der Waals surface area contributed by atoms with Crippen molar-refractivity contribution in [1.82, 2.24) is 14.8 Å². The van der Waals surface area contributed by atoms with Gasteiger partial charge in [0.15, 0.2) is 5.82 Å². The van der Waals surface area contributed by atoms with Crippen molar-refractivity contribution < 1.29 is 22.7 Å². The maximum Gasteiger partial charge on any atom is 0.258 e. The normalized spacial score (nSPS) is 23.9. The Morgan fingerprint density at radius 3 is 2.21 bits per heavy atom.